The van der Waals surface area contributed by atoms with Crippen LogP contribution in [0.15, 0.2) is 0 Å². The first kappa shape index (κ1) is 10.6. The summed E-state index contributed by atoms with van der Waals surface area (Å²) < 4.78 is 10.8. The van der Waals surface area contributed by atoms with Gasteiger partial charge in [-0.15, -0.1) is 0 Å². The molecule has 0 amide bonds. The maximum absolute atomic E-state index is 11.4. The molecule has 2 aliphatic heterocycles. The Morgan fingerprint density at radius 2 is 2.27 bits per heavy atom. The molecular weight excluding hydrogens is 196 g/mol. The molecule has 0 aromatic carbocycles. The number of Topliss-reactive ketones (excluding diaryl/α,β-unsaturated/α-hetero) is 1. The smallest absolute Gasteiger partial charge is 0.303 e. The van der Waals surface area contributed by atoms with Crippen LogP contribution in [0.2, 0.25) is 0 Å². The summed E-state index contributed by atoms with van der Waals surface area (Å²) in [6.45, 7) is 3.42. The first-order chi connectivity index (χ1) is 7.08. The first-order valence-corrected chi connectivity index (χ1v) is 5.43. The summed E-state index contributed by atoms with van der Waals surface area (Å²) in [6, 6.07) is 0. The van der Waals surface area contributed by atoms with Crippen LogP contribution in [0.25, 0.3) is 0 Å². The Hall–Kier alpha value is -0.900. The minimum absolute atomic E-state index is 0.0830. The van der Waals surface area contributed by atoms with Crippen molar-refractivity contribution in [1.82, 2.24) is 0 Å². The predicted molar refractivity (Wildman–Crippen MR) is 52.2 cm³/mol. The summed E-state index contributed by atoms with van der Waals surface area (Å²) in [4.78, 5) is 22.4. The van der Waals surface area contributed by atoms with Gasteiger partial charge in [0.1, 0.15) is 12.2 Å². The molecule has 4 heteroatoms. The number of carbonyl (C=O) groups excluding carboxylic acids is 2. The lowest BCUT2D eigenvalue weighted by Crippen LogP contribution is -2.51. The Labute approximate surface area is 88.9 Å². The number of carbonyl (C=O) groups is 2. The molecule has 84 valence electrons. The molecule has 0 aromatic heterocycles. The Kier molecular flexibility index (Phi) is 2.78. The van der Waals surface area contributed by atoms with Gasteiger partial charge in [-0.1, -0.05) is 6.92 Å². The SMILES string of the molecule is CC(=O)OC1C(C)CC2OC1CCC2=O. The fourth-order valence-corrected chi connectivity index (χ4v) is 2.45. The van der Waals surface area contributed by atoms with Gasteiger partial charge in [-0.3, -0.25) is 9.59 Å². The summed E-state index contributed by atoms with van der Waals surface area (Å²) in [5, 5.41) is 0. The third-order valence-electron chi connectivity index (χ3n) is 3.19. The van der Waals surface area contributed by atoms with Gasteiger partial charge in [-0.2, -0.15) is 0 Å². The van der Waals surface area contributed by atoms with Crippen LogP contribution in [0.5, 0.6) is 0 Å². The lowest BCUT2D eigenvalue weighted by atomic mass is 9.82. The molecule has 2 bridgehead atoms. The fraction of sp³-hybridized carbons (Fsp3) is 0.818. The van der Waals surface area contributed by atoms with Crippen LogP contribution in [0.1, 0.15) is 33.1 Å². The van der Waals surface area contributed by atoms with Gasteiger partial charge in [0, 0.05) is 13.3 Å². The molecule has 0 spiro atoms. The highest BCUT2D eigenvalue weighted by atomic mass is 16.6. The minimum Gasteiger partial charge on any atom is -0.460 e. The van der Waals surface area contributed by atoms with E-state index in [-0.39, 0.29) is 36.0 Å². The van der Waals surface area contributed by atoms with Crippen molar-refractivity contribution in [2.45, 2.75) is 51.4 Å². The molecule has 4 atom stereocenters. The molecule has 0 radical (unpaired) electrons. The average Bonchev–Trinajstić information content (AvgIpc) is 2.17. The molecule has 2 saturated heterocycles. The molecular formula is C11H16O4. The number of fused-ring (bicyclic) bond motifs is 2. The highest BCUT2D eigenvalue weighted by Gasteiger charge is 2.43. The molecule has 0 aromatic rings. The van der Waals surface area contributed by atoms with Crippen LogP contribution in [0.3, 0.4) is 0 Å². The Morgan fingerprint density at radius 1 is 1.53 bits per heavy atom. The van der Waals surface area contributed by atoms with E-state index in [0.717, 1.165) is 0 Å². The Balaban J connectivity index is 2.08. The van der Waals surface area contributed by atoms with Crippen LogP contribution in [0.4, 0.5) is 0 Å². The van der Waals surface area contributed by atoms with Crippen molar-refractivity contribution in [2.24, 2.45) is 5.92 Å². The van der Waals surface area contributed by atoms with Crippen molar-refractivity contribution in [2.75, 3.05) is 0 Å². The van der Waals surface area contributed by atoms with Crippen molar-refractivity contribution in [3.05, 3.63) is 0 Å². The molecule has 2 fully saturated rings. The van der Waals surface area contributed by atoms with Crippen LogP contribution >= 0.6 is 0 Å². The van der Waals surface area contributed by atoms with Crippen molar-refractivity contribution < 1.29 is 19.1 Å². The van der Waals surface area contributed by atoms with E-state index in [4.69, 9.17) is 9.47 Å². The number of esters is 1. The summed E-state index contributed by atoms with van der Waals surface area (Å²) in [7, 11) is 0. The molecule has 4 unspecified atom stereocenters. The predicted octanol–water partition coefficient (Wildman–Crippen LogP) is 1.07. The summed E-state index contributed by atoms with van der Waals surface area (Å²) in [5.74, 6) is 0.132. The van der Waals surface area contributed by atoms with E-state index in [2.05, 4.69) is 0 Å². The molecule has 2 aliphatic rings. The van der Waals surface area contributed by atoms with Gasteiger partial charge in [0.15, 0.2) is 5.78 Å². The van der Waals surface area contributed by atoms with Gasteiger partial charge >= 0.3 is 5.97 Å². The van der Waals surface area contributed by atoms with Gasteiger partial charge in [-0.05, 0) is 18.8 Å². The highest BCUT2D eigenvalue weighted by molar-refractivity contribution is 5.84. The molecule has 4 nitrogen and oxygen atoms in total. The van der Waals surface area contributed by atoms with Crippen molar-refractivity contribution in [3.8, 4) is 0 Å². The zero-order valence-electron chi connectivity index (χ0n) is 9.06. The lowest BCUT2D eigenvalue weighted by Gasteiger charge is -2.42. The maximum atomic E-state index is 11.4. The summed E-state index contributed by atoms with van der Waals surface area (Å²) >= 11 is 0. The second kappa shape index (κ2) is 3.93. The quantitative estimate of drug-likeness (QED) is 0.610. The number of hydrogen-bond acceptors (Lipinski definition) is 4. The van der Waals surface area contributed by atoms with Crippen LogP contribution < -0.4 is 0 Å². The van der Waals surface area contributed by atoms with Crippen molar-refractivity contribution in [3.63, 3.8) is 0 Å². The third-order valence-corrected chi connectivity index (χ3v) is 3.19. The van der Waals surface area contributed by atoms with Crippen LogP contribution in [-0.2, 0) is 19.1 Å². The monoisotopic (exact) mass is 212 g/mol. The summed E-state index contributed by atoms with van der Waals surface area (Å²) in [5.41, 5.74) is 0. The van der Waals surface area contributed by atoms with E-state index in [1.54, 1.807) is 0 Å². The molecule has 2 heterocycles. The van der Waals surface area contributed by atoms with Gasteiger partial charge < -0.3 is 9.47 Å². The van der Waals surface area contributed by atoms with Gasteiger partial charge in [0.05, 0.1) is 6.10 Å². The second-order valence-electron chi connectivity index (χ2n) is 4.46. The highest BCUT2D eigenvalue weighted by Crippen LogP contribution is 2.34. The maximum Gasteiger partial charge on any atom is 0.303 e. The normalized spacial score (nSPS) is 40.0. The molecule has 15 heavy (non-hydrogen) atoms. The van der Waals surface area contributed by atoms with E-state index < -0.39 is 0 Å². The lowest BCUT2D eigenvalue weighted by molar-refractivity contribution is -0.192. The van der Waals surface area contributed by atoms with E-state index in [1.807, 2.05) is 6.92 Å². The van der Waals surface area contributed by atoms with E-state index in [0.29, 0.717) is 19.3 Å². The number of hydrogen-bond donors (Lipinski definition) is 0. The first-order valence-electron chi connectivity index (χ1n) is 5.43. The van der Waals surface area contributed by atoms with E-state index in [1.165, 1.54) is 6.92 Å². The van der Waals surface area contributed by atoms with Crippen LogP contribution in [0, 0.1) is 5.92 Å². The molecule has 2 rings (SSSR count). The van der Waals surface area contributed by atoms with Gasteiger partial charge in [-0.25, -0.2) is 0 Å². The van der Waals surface area contributed by atoms with Crippen LogP contribution in [-0.4, -0.2) is 30.1 Å². The molecule has 0 N–H and O–H groups in total. The van der Waals surface area contributed by atoms with E-state index >= 15 is 0 Å². The largest absolute Gasteiger partial charge is 0.460 e. The number of rotatable bonds is 1. The van der Waals surface area contributed by atoms with Gasteiger partial charge in [0.2, 0.25) is 0 Å². The second-order valence-corrected chi connectivity index (χ2v) is 4.46. The topological polar surface area (TPSA) is 52.6 Å². The van der Waals surface area contributed by atoms with Gasteiger partial charge in [0.25, 0.3) is 0 Å². The standard InChI is InChI=1S/C11H16O4/c1-6-5-10-8(13)3-4-9(15-10)11(6)14-7(2)12/h6,9-11H,3-5H2,1-2H3. The molecule has 0 aliphatic carbocycles. The van der Waals surface area contributed by atoms with Crippen molar-refractivity contribution >= 4 is 11.8 Å². The fourth-order valence-electron chi connectivity index (χ4n) is 2.45. The average molecular weight is 212 g/mol. The Bertz CT molecular complexity index is 284. The zero-order chi connectivity index (χ0) is 11.0. The molecule has 0 saturated carbocycles. The number of ether oxygens (including phenoxy) is 2. The minimum atomic E-state index is -0.272. The third kappa shape index (κ3) is 2.04. The van der Waals surface area contributed by atoms with E-state index in [9.17, 15) is 9.59 Å². The van der Waals surface area contributed by atoms with Crippen molar-refractivity contribution in [1.29, 1.82) is 0 Å². The Morgan fingerprint density at radius 3 is 2.93 bits per heavy atom. The number of ketones is 1. The summed E-state index contributed by atoms with van der Waals surface area (Å²) in [6.07, 6.45) is 1.39. The zero-order valence-corrected chi connectivity index (χ0v) is 9.06.